The minimum atomic E-state index is 0.410. The summed E-state index contributed by atoms with van der Waals surface area (Å²) in [6.45, 7) is 5.43. The predicted molar refractivity (Wildman–Crippen MR) is 113 cm³/mol. The third kappa shape index (κ3) is 4.17. The van der Waals surface area contributed by atoms with Gasteiger partial charge in [0.15, 0.2) is 0 Å². The van der Waals surface area contributed by atoms with Crippen LogP contribution < -0.4 is 4.74 Å². The number of ether oxygens (including phenoxy) is 1. The monoisotopic (exact) mass is 383 g/mol. The fourth-order valence-electron chi connectivity index (χ4n) is 4.91. The van der Waals surface area contributed by atoms with Gasteiger partial charge in [0.25, 0.3) is 0 Å². The zero-order valence-corrected chi connectivity index (χ0v) is 17.1. The van der Waals surface area contributed by atoms with E-state index in [0.717, 1.165) is 16.3 Å². The van der Waals surface area contributed by atoms with E-state index in [-0.39, 0.29) is 0 Å². The first-order valence-electron chi connectivity index (χ1n) is 10.4. The molecule has 0 radical (unpaired) electrons. The molecule has 1 aliphatic carbocycles. The minimum absolute atomic E-state index is 0.410. The number of piperidine rings is 1. The number of hydrogen-bond donors (Lipinski definition) is 0. The van der Waals surface area contributed by atoms with Crippen LogP contribution in [0.4, 0.5) is 0 Å². The van der Waals surface area contributed by atoms with Crippen LogP contribution in [-0.2, 0) is 19.4 Å². The normalized spacial score (nSPS) is 22.6. The third-order valence-corrected chi connectivity index (χ3v) is 6.61. The molecule has 1 fully saturated rings. The van der Waals surface area contributed by atoms with Gasteiger partial charge in [-0.1, -0.05) is 43.1 Å². The molecule has 0 N–H and O–H groups in total. The average molecular weight is 384 g/mol. The van der Waals surface area contributed by atoms with Gasteiger partial charge < -0.3 is 4.74 Å². The van der Waals surface area contributed by atoms with E-state index >= 15 is 0 Å². The van der Waals surface area contributed by atoms with Crippen molar-refractivity contribution >= 4 is 11.6 Å². The van der Waals surface area contributed by atoms with Gasteiger partial charge in [-0.25, -0.2) is 0 Å². The van der Waals surface area contributed by atoms with Gasteiger partial charge in [-0.2, -0.15) is 0 Å². The molecule has 144 valence electrons. The highest BCUT2D eigenvalue weighted by atomic mass is 35.5. The Morgan fingerprint density at radius 1 is 1.04 bits per heavy atom. The van der Waals surface area contributed by atoms with Gasteiger partial charge in [0.2, 0.25) is 0 Å². The fourth-order valence-corrected chi connectivity index (χ4v) is 5.03. The molecular formula is C24H30ClNO. The van der Waals surface area contributed by atoms with Crippen molar-refractivity contribution in [3.63, 3.8) is 0 Å². The van der Waals surface area contributed by atoms with Crippen LogP contribution in [0.1, 0.15) is 55.7 Å². The average Bonchev–Trinajstić information content (AvgIpc) is 2.70. The molecule has 4 rings (SSSR count). The lowest BCUT2D eigenvalue weighted by molar-refractivity contribution is 0.0340. The maximum Gasteiger partial charge on any atom is 0.120 e. The first-order valence-corrected chi connectivity index (χ1v) is 10.8. The van der Waals surface area contributed by atoms with Crippen molar-refractivity contribution in [1.82, 2.24) is 4.90 Å². The summed E-state index contributed by atoms with van der Waals surface area (Å²) in [4.78, 5) is 2.80. The topological polar surface area (TPSA) is 12.5 Å². The molecule has 0 amide bonds. The Labute approximate surface area is 168 Å². The molecule has 1 aliphatic heterocycles. The van der Waals surface area contributed by atoms with E-state index in [4.69, 9.17) is 16.3 Å². The molecule has 0 saturated carbocycles. The van der Waals surface area contributed by atoms with Crippen LogP contribution in [0.15, 0.2) is 42.5 Å². The quantitative estimate of drug-likeness (QED) is 0.623. The second-order valence-corrected chi connectivity index (χ2v) is 8.63. The Morgan fingerprint density at radius 3 is 2.70 bits per heavy atom. The van der Waals surface area contributed by atoms with Crippen LogP contribution in [0.5, 0.6) is 5.75 Å². The number of nitrogens with zero attached hydrogens (tertiary/aromatic N) is 1. The summed E-state index contributed by atoms with van der Waals surface area (Å²) in [5.74, 6) is 0.980. The van der Waals surface area contributed by atoms with E-state index in [0.29, 0.717) is 12.1 Å². The lowest BCUT2D eigenvalue weighted by Crippen LogP contribution is -2.55. The van der Waals surface area contributed by atoms with E-state index in [2.05, 4.69) is 30.0 Å². The summed E-state index contributed by atoms with van der Waals surface area (Å²) in [6.07, 6.45) is 9.05. The molecule has 27 heavy (non-hydrogen) atoms. The maximum absolute atomic E-state index is 6.04. The summed E-state index contributed by atoms with van der Waals surface area (Å²) in [6, 6.07) is 14.6. The molecule has 0 aromatic heterocycles. The van der Waals surface area contributed by atoms with E-state index in [1.807, 2.05) is 24.3 Å². The zero-order valence-electron chi connectivity index (χ0n) is 16.3. The fraction of sp³-hybridized carbons (Fsp3) is 0.500. The molecule has 1 saturated heterocycles. The van der Waals surface area contributed by atoms with Crippen molar-refractivity contribution in [3.05, 3.63) is 64.2 Å². The Bertz CT molecular complexity index is 770. The van der Waals surface area contributed by atoms with Crippen LogP contribution >= 0.6 is 11.6 Å². The lowest BCUT2D eigenvalue weighted by atomic mass is 9.72. The number of likely N-dealkylation sites (tertiary alicyclic amines) is 1. The number of aryl methyl sites for hydroxylation is 1. The van der Waals surface area contributed by atoms with Gasteiger partial charge in [0, 0.05) is 10.6 Å². The van der Waals surface area contributed by atoms with Crippen LogP contribution in [-0.4, -0.2) is 23.5 Å². The molecule has 0 bridgehead atoms. The third-order valence-electron chi connectivity index (χ3n) is 6.36. The summed E-state index contributed by atoms with van der Waals surface area (Å²) in [7, 11) is 0. The molecule has 2 aromatic carbocycles. The summed E-state index contributed by atoms with van der Waals surface area (Å²) < 4.78 is 6.04. The van der Waals surface area contributed by atoms with Crippen LogP contribution in [0.2, 0.25) is 5.02 Å². The molecule has 1 heterocycles. The minimum Gasteiger partial charge on any atom is -0.489 e. The maximum atomic E-state index is 6.04. The molecule has 3 heteroatoms. The van der Waals surface area contributed by atoms with E-state index in [1.54, 1.807) is 0 Å². The standard InChI is InChI=1S/C24H30ClNO/c1-2-14-26-15-4-3-12-24(26)13-11-20-16-23(10-7-21(20)17-24)27-18-19-5-8-22(25)9-6-19/h5-10,16H,2-4,11-15,17-18H2,1H3. The van der Waals surface area contributed by atoms with Crippen molar-refractivity contribution in [2.45, 2.75) is 64.0 Å². The van der Waals surface area contributed by atoms with Crippen LogP contribution in [0.25, 0.3) is 0 Å². The Balaban J connectivity index is 1.45. The molecule has 2 nitrogen and oxygen atoms in total. The highest BCUT2D eigenvalue weighted by Gasteiger charge is 2.40. The zero-order chi connectivity index (χ0) is 18.7. The van der Waals surface area contributed by atoms with Gasteiger partial charge in [0.05, 0.1) is 0 Å². The number of fused-ring (bicyclic) bond motifs is 1. The molecule has 2 aromatic rings. The highest BCUT2D eigenvalue weighted by molar-refractivity contribution is 6.30. The van der Waals surface area contributed by atoms with Crippen LogP contribution in [0, 0.1) is 0 Å². The molecule has 1 spiro atoms. The Hall–Kier alpha value is -1.51. The molecular weight excluding hydrogens is 354 g/mol. The van der Waals surface area contributed by atoms with Crippen LogP contribution in [0.3, 0.4) is 0 Å². The van der Waals surface area contributed by atoms with E-state index in [1.165, 1.54) is 69.2 Å². The number of rotatable bonds is 5. The molecule has 1 unspecified atom stereocenters. The van der Waals surface area contributed by atoms with Crippen molar-refractivity contribution in [2.24, 2.45) is 0 Å². The number of halogens is 1. The SMILES string of the molecule is CCCN1CCCCC12CCc1cc(OCc3ccc(Cl)cc3)ccc1C2. The second-order valence-electron chi connectivity index (χ2n) is 8.19. The van der Waals surface area contributed by atoms with Crippen molar-refractivity contribution < 1.29 is 4.74 Å². The summed E-state index contributed by atoms with van der Waals surface area (Å²) >= 11 is 5.96. The Kier molecular flexibility index (Phi) is 5.75. The van der Waals surface area contributed by atoms with Gasteiger partial charge in [-0.15, -0.1) is 0 Å². The van der Waals surface area contributed by atoms with Gasteiger partial charge in [-0.05, 0) is 92.6 Å². The second kappa shape index (κ2) is 8.24. The number of hydrogen-bond acceptors (Lipinski definition) is 2. The first-order chi connectivity index (χ1) is 13.2. The van der Waals surface area contributed by atoms with Crippen molar-refractivity contribution in [3.8, 4) is 5.75 Å². The molecule has 2 aliphatic rings. The predicted octanol–water partition coefficient (Wildman–Crippen LogP) is 6.04. The van der Waals surface area contributed by atoms with Gasteiger partial charge in [-0.3, -0.25) is 4.90 Å². The summed E-state index contributed by atoms with van der Waals surface area (Å²) in [5, 5.41) is 0.765. The summed E-state index contributed by atoms with van der Waals surface area (Å²) in [5.41, 5.74) is 4.57. The van der Waals surface area contributed by atoms with Gasteiger partial charge >= 0.3 is 0 Å². The van der Waals surface area contributed by atoms with E-state index < -0.39 is 0 Å². The largest absolute Gasteiger partial charge is 0.489 e. The highest BCUT2D eigenvalue weighted by Crippen LogP contribution is 2.40. The lowest BCUT2D eigenvalue weighted by Gasteiger charge is -2.50. The van der Waals surface area contributed by atoms with Gasteiger partial charge in [0.1, 0.15) is 12.4 Å². The first kappa shape index (κ1) is 18.8. The van der Waals surface area contributed by atoms with Crippen molar-refractivity contribution in [2.75, 3.05) is 13.1 Å². The Morgan fingerprint density at radius 2 is 1.89 bits per heavy atom. The van der Waals surface area contributed by atoms with E-state index in [9.17, 15) is 0 Å². The van der Waals surface area contributed by atoms with Crippen molar-refractivity contribution in [1.29, 1.82) is 0 Å². The smallest absolute Gasteiger partial charge is 0.120 e. The number of benzene rings is 2. The molecule has 1 atom stereocenters.